The number of non-ortho nitro benzene ring substituents is 1. The zero-order valence-corrected chi connectivity index (χ0v) is 18.8. The molecule has 2 aromatic carbocycles. The molecule has 0 N–H and O–H groups in total. The van der Waals surface area contributed by atoms with Gasteiger partial charge in [-0.2, -0.15) is 0 Å². The number of hydrogen-bond donors (Lipinski definition) is 0. The van der Waals surface area contributed by atoms with Crippen molar-refractivity contribution in [2.45, 2.75) is 13.8 Å². The number of anilines is 1. The third-order valence-corrected chi connectivity index (χ3v) is 7.93. The summed E-state index contributed by atoms with van der Waals surface area (Å²) in [4.78, 5) is 33.1. The van der Waals surface area contributed by atoms with Crippen LogP contribution in [0.25, 0.3) is 20.3 Å². The molecule has 158 valence electrons. The number of hydrogen-bond acceptors (Lipinski definition) is 7. The van der Waals surface area contributed by atoms with Gasteiger partial charge in [-0.15, -0.1) is 11.3 Å². The highest BCUT2D eigenvalue weighted by molar-refractivity contribution is 7.22. The molecule has 0 saturated carbocycles. The summed E-state index contributed by atoms with van der Waals surface area (Å²) in [5.41, 5.74) is 3.58. The van der Waals surface area contributed by atoms with E-state index in [0.29, 0.717) is 18.0 Å². The number of nitro groups is 1. The van der Waals surface area contributed by atoms with E-state index in [1.807, 2.05) is 4.90 Å². The minimum Gasteiger partial charge on any atom is -0.345 e. The number of rotatable bonds is 3. The highest BCUT2D eigenvalue weighted by Crippen LogP contribution is 2.32. The molecule has 1 fully saturated rings. The van der Waals surface area contributed by atoms with Gasteiger partial charge in [-0.1, -0.05) is 11.3 Å². The van der Waals surface area contributed by atoms with E-state index in [1.165, 1.54) is 39.3 Å². The van der Waals surface area contributed by atoms with E-state index < -0.39 is 4.92 Å². The van der Waals surface area contributed by atoms with Crippen molar-refractivity contribution in [1.82, 2.24) is 9.88 Å². The molecule has 0 bridgehead atoms. The quantitative estimate of drug-likeness (QED) is 0.323. The number of benzene rings is 2. The van der Waals surface area contributed by atoms with Crippen molar-refractivity contribution in [3.05, 3.63) is 62.5 Å². The van der Waals surface area contributed by atoms with E-state index in [4.69, 9.17) is 4.98 Å². The maximum absolute atomic E-state index is 13.0. The monoisotopic (exact) mass is 452 g/mol. The Bertz CT molecular complexity index is 1300. The van der Waals surface area contributed by atoms with Gasteiger partial charge in [0.25, 0.3) is 11.6 Å². The molecule has 2 aromatic heterocycles. The smallest absolute Gasteiger partial charge is 0.270 e. The van der Waals surface area contributed by atoms with Crippen molar-refractivity contribution in [1.29, 1.82) is 0 Å². The molecule has 0 atom stereocenters. The number of nitro benzene ring substituents is 1. The van der Waals surface area contributed by atoms with E-state index in [9.17, 15) is 14.9 Å². The number of carbonyl (C=O) groups excluding carboxylic acids is 1. The summed E-state index contributed by atoms with van der Waals surface area (Å²) in [5.74, 6) is -0.0148. The maximum atomic E-state index is 13.0. The van der Waals surface area contributed by atoms with E-state index in [1.54, 1.807) is 23.5 Å². The van der Waals surface area contributed by atoms with Crippen LogP contribution in [0.4, 0.5) is 10.8 Å². The fraction of sp³-hybridized carbons (Fsp3) is 0.273. The summed E-state index contributed by atoms with van der Waals surface area (Å²) < 4.78 is 2.07. The summed E-state index contributed by atoms with van der Waals surface area (Å²) in [6.07, 6.45) is 0. The van der Waals surface area contributed by atoms with Crippen LogP contribution in [0.2, 0.25) is 0 Å². The van der Waals surface area contributed by atoms with Crippen LogP contribution < -0.4 is 4.90 Å². The molecule has 0 radical (unpaired) electrons. The second kappa shape index (κ2) is 7.58. The lowest BCUT2D eigenvalue weighted by molar-refractivity contribution is -0.384. The lowest BCUT2D eigenvalue weighted by Gasteiger charge is -2.34. The second-order valence-electron chi connectivity index (χ2n) is 7.77. The van der Waals surface area contributed by atoms with Gasteiger partial charge in [0.2, 0.25) is 0 Å². The largest absolute Gasteiger partial charge is 0.345 e. The number of aromatic nitrogens is 1. The van der Waals surface area contributed by atoms with E-state index in [2.05, 4.69) is 30.9 Å². The normalized spacial score (nSPS) is 14.5. The van der Waals surface area contributed by atoms with Crippen LogP contribution in [0.15, 0.2) is 36.4 Å². The number of carbonyl (C=O) groups is 1. The van der Waals surface area contributed by atoms with Gasteiger partial charge in [-0.3, -0.25) is 14.9 Å². The van der Waals surface area contributed by atoms with Gasteiger partial charge in [0.1, 0.15) is 0 Å². The molecule has 7 nitrogen and oxygen atoms in total. The summed E-state index contributed by atoms with van der Waals surface area (Å²) in [6.45, 7) is 6.94. The molecule has 0 spiro atoms. The molecule has 4 aromatic rings. The molecule has 1 saturated heterocycles. The van der Waals surface area contributed by atoms with Crippen LogP contribution in [-0.4, -0.2) is 46.9 Å². The number of aryl methyl sites for hydroxylation is 2. The third-order valence-electron chi connectivity index (χ3n) is 5.75. The Labute approximate surface area is 186 Å². The zero-order valence-electron chi connectivity index (χ0n) is 17.1. The van der Waals surface area contributed by atoms with Crippen molar-refractivity contribution >= 4 is 59.7 Å². The first-order chi connectivity index (χ1) is 14.9. The summed E-state index contributed by atoms with van der Waals surface area (Å²) in [5, 5.41) is 12.7. The van der Waals surface area contributed by atoms with Crippen LogP contribution in [-0.2, 0) is 0 Å². The maximum Gasteiger partial charge on any atom is 0.270 e. The number of nitrogens with zero attached hydrogens (tertiary/aromatic N) is 4. The molecule has 31 heavy (non-hydrogen) atoms. The first kappa shape index (κ1) is 19.9. The van der Waals surface area contributed by atoms with Gasteiger partial charge in [-0.05, 0) is 49.2 Å². The van der Waals surface area contributed by atoms with Gasteiger partial charge in [0.15, 0.2) is 5.13 Å². The van der Waals surface area contributed by atoms with Crippen LogP contribution in [0, 0.1) is 24.0 Å². The highest BCUT2D eigenvalue weighted by atomic mass is 32.1. The fourth-order valence-corrected chi connectivity index (χ4v) is 5.92. The van der Waals surface area contributed by atoms with Gasteiger partial charge in [0, 0.05) is 48.4 Å². The van der Waals surface area contributed by atoms with Crippen molar-refractivity contribution in [2.75, 3.05) is 31.1 Å². The summed E-state index contributed by atoms with van der Waals surface area (Å²) in [6, 6.07) is 10.8. The van der Waals surface area contributed by atoms with Crippen LogP contribution in [0.5, 0.6) is 0 Å². The van der Waals surface area contributed by atoms with Crippen LogP contribution in [0.3, 0.4) is 0 Å². The zero-order chi connectivity index (χ0) is 21.7. The van der Waals surface area contributed by atoms with Crippen LogP contribution >= 0.6 is 22.7 Å². The molecule has 1 amide bonds. The lowest BCUT2D eigenvalue weighted by atomic mass is 10.1. The summed E-state index contributed by atoms with van der Waals surface area (Å²) in [7, 11) is 0. The van der Waals surface area contributed by atoms with Crippen LogP contribution in [0.1, 0.15) is 20.8 Å². The van der Waals surface area contributed by atoms with Gasteiger partial charge in [0.05, 0.1) is 20.0 Å². The second-order valence-corrected chi connectivity index (χ2v) is 9.86. The van der Waals surface area contributed by atoms with Gasteiger partial charge >= 0.3 is 0 Å². The first-order valence-electron chi connectivity index (χ1n) is 9.99. The Hall–Kier alpha value is -3.04. The topological polar surface area (TPSA) is 79.6 Å². The molecule has 1 aliphatic rings. The SMILES string of the molecule is Cc1cc2nc(N3CCN(C(=O)c4cc5cc([N+](=O)[O-])ccc5s4)CC3)sc2cc1C. The fourth-order valence-electron chi connectivity index (χ4n) is 3.81. The number of fused-ring (bicyclic) bond motifs is 2. The van der Waals surface area contributed by atoms with Crippen molar-refractivity contribution in [2.24, 2.45) is 0 Å². The van der Waals surface area contributed by atoms with E-state index in [-0.39, 0.29) is 11.6 Å². The molecule has 1 aliphatic heterocycles. The molecule has 0 unspecified atom stereocenters. The number of piperazine rings is 1. The average molecular weight is 453 g/mol. The van der Waals surface area contributed by atoms with Crippen molar-refractivity contribution in [3.8, 4) is 0 Å². The Balaban J connectivity index is 1.30. The molecule has 3 heterocycles. The standard InChI is InChI=1S/C22H20N4O3S2/c1-13-9-17-19(10-14(13)2)31-22(23-17)25-7-5-24(6-8-25)21(27)20-12-15-11-16(26(28)29)3-4-18(15)30-20/h3-4,9-12H,5-8H2,1-2H3. The predicted molar refractivity (Wildman–Crippen MR) is 126 cm³/mol. The van der Waals surface area contributed by atoms with Gasteiger partial charge in [-0.25, -0.2) is 4.98 Å². The molecular formula is C22H20N4O3S2. The number of amides is 1. The Morgan fingerprint density at radius 3 is 2.48 bits per heavy atom. The Morgan fingerprint density at radius 1 is 1.00 bits per heavy atom. The number of thiophene rings is 1. The molecule has 5 rings (SSSR count). The number of thiazole rings is 1. The highest BCUT2D eigenvalue weighted by Gasteiger charge is 2.25. The van der Waals surface area contributed by atoms with E-state index in [0.717, 1.165) is 33.8 Å². The Kier molecular flexibility index (Phi) is 4.86. The van der Waals surface area contributed by atoms with Crippen molar-refractivity contribution < 1.29 is 9.72 Å². The molecular weight excluding hydrogens is 432 g/mol. The van der Waals surface area contributed by atoms with E-state index >= 15 is 0 Å². The Morgan fingerprint density at radius 2 is 1.74 bits per heavy atom. The minimum absolute atomic E-state index is 0.0148. The average Bonchev–Trinajstić information content (AvgIpc) is 3.37. The lowest BCUT2D eigenvalue weighted by Crippen LogP contribution is -2.48. The first-order valence-corrected chi connectivity index (χ1v) is 11.6. The molecule has 0 aliphatic carbocycles. The van der Waals surface area contributed by atoms with Crippen molar-refractivity contribution in [3.63, 3.8) is 0 Å². The molecule has 9 heteroatoms. The summed E-state index contributed by atoms with van der Waals surface area (Å²) >= 11 is 3.08. The predicted octanol–water partition coefficient (Wildman–Crippen LogP) is 5.00. The van der Waals surface area contributed by atoms with Gasteiger partial charge < -0.3 is 9.80 Å². The third kappa shape index (κ3) is 3.64. The minimum atomic E-state index is -0.414.